The fraction of sp³-hybridized carbons (Fsp3) is 0.200. The number of nitrogens with zero attached hydrogens (tertiary/aromatic N) is 1. The third-order valence-electron chi connectivity index (χ3n) is 4.20. The van der Waals surface area contributed by atoms with Crippen molar-refractivity contribution in [3.8, 4) is 5.75 Å². The molecule has 0 heterocycles. The smallest absolute Gasteiger partial charge is 0.343 e. The van der Waals surface area contributed by atoms with Crippen LogP contribution in [0.3, 0.4) is 0 Å². The molecule has 8 N–H and O–H groups in total. The summed E-state index contributed by atoms with van der Waals surface area (Å²) >= 11 is 0. The molecule has 13 nitrogen and oxygen atoms in total. The molecule has 0 spiro atoms. The van der Waals surface area contributed by atoms with Crippen LogP contribution in [0.2, 0.25) is 0 Å². The number of nitrogens with one attached hydrogen (secondary N) is 2. The second kappa shape index (κ2) is 11.7. The largest absolute Gasteiger partial charge is 0.481 e. The van der Waals surface area contributed by atoms with Crippen LogP contribution in [0.1, 0.15) is 28.8 Å². The Morgan fingerprint density at radius 2 is 1.62 bits per heavy atom. The minimum atomic E-state index is -4.23. The van der Waals surface area contributed by atoms with Gasteiger partial charge in [-0.05, 0) is 48.4 Å². The van der Waals surface area contributed by atoms with Crippen LogP contribution in [-0.4, -0.2) is 48.5 Å². The monoisotopic (exact) mass is 493 g/mol. The van der Waals surface area contributed by atoms with Crippen LogP contribution in [0.15, 0.2) is 53.5 Å². The zero-order valence-electron chi connectivity index (χ0n) is 17.7. The summed E-state index contributed by atoms with van der Waals surface area (Å²) < 4.78 is 33.5. The summed E-state index contributed by atoms with van der Waals surface area (Å²) in [5, 5.41) is 17.7. The van der Waals surface area contributed by atoms with Gasteiger partial charge in [-0.3, -0.25) is 9.59 Å². The van der Waals surface area contributed by atoms with E-state index in [9.17, 15) is 22.8 Å². The first-order valence-corrected chi connectivity index (χ1v) is 11.2. The number of aliphatic carboxylic acids is 2. The summed E-state index contributed by atoms with van der Waals surface area (Å²) in [6, 6.07) is 10.4. The molecule has 1 atom stereocenters. The Balaban J connectivity index is 1.92. The van der Waals surface area contributed by atoms with E-state index >= 15 is 0 Å². The van der Waals surface area contributed by atoms with Gasteiger partial charge in [0.05, 0.1) is 11.3 Å². The first-order chi connectivity index (χ1) is 15.9. The van der Waals surface area contributed by atoms with Crippen molar-refractivity contribution in [1.29, 1.82) is 0 Å². The number of nitrogens with two attached hydrogens (primary N) is 2. The van der Waals surface area contributed by atoms with Crippen molar-refractivity contribution in [2.75, 3.05) is 0 Å². The Kier molecular flexibility index (Phi) is 9.06. The van der Waals surface area contributed by atoms with Gasteiger partial charge in [0.15, 0.2) is 5.96 Å². The Morgan fingerprint density at radius 3 is 2.15 bits per heavy atom. The van der Waals surface area contributed by atoms with Gasteiger partial charge in [-0.2, -0.15) is 17.9 Å². The van der Waals surface area contributed by atoms with E-state index in [1.807, 2.05) is 4.72 Å². The fourth-order valence-corrected chi connectivity index (χ4v) is 3.60. The van der Waals surface area contributed by atoms with Crippen LogP contribution >= 0.6 is 0 Å². The van der Waals surface area contributed by atoms with Crippen molar-refractivity contribution in [2.45, 2.75) is 25.4 Å². The van der Waals surface area contributed by atoms with Gasteiger partial charge < -0.3 is 26.4 Å². The molecule has 0 saturated heterocycles. The Morgan fingerprint density at radius 1 is 1.00 bits per heavy atom. The van der Waals surface area contributed by atoms with Gasteiger partial charge in [-0.15, -0.1) is 0 Å². The summed E-state index contributed by atoms with van der Waals surface area (Å²) in [5.41, 5.74) is 11.8. The Bertz CT molecular complexity index is 1160. The topological polar surface area (TPSA) is 223 Å². The van der Waals surface area contributed by atoms with E-state index in [-0.39, 0.29) is 23.8 Å². The average molecular weight is 493 g/mol. The Labute approximate surface area is 194 Å². The van der Waals surface area contributed by atoms with Gasteiger partial charge >= 0.3 is 17.9 Å². The lowest BCUT2D eigenvalue weighted by Crippen LogP contribution is -2.46. The maximum absolute atomic E-state index is 12.3. The van der Waals surface area contributed by atoms with Crippen LogP contribution < -0.4 is 25.6 Å². The lowest BCUT2D eigenvalue weighted by atomic mass is 10.2. The van der Waals surface area contributed by atoms with Crippen molar-refractivity contribution in [1.82, 2.24) is 9.44 Å². The van der Waals surface area contributed by atoms with Crippen molar-refractivity contribution in [3.05, 3.63) is 59.7 Å². The van der Waals surface area contributed by atoms with E-state index in [2.05, 4.69) is 9.71 Å². The lowest BCUT2D eigenvalue weighted by Gasteiger charge is -2.14. The molecule has 182 valence electrons. The highest BCUT2D eigenvalue weighted by Crippen LogP contribution is 2.17. The molecule has 2 aromatic rings. The first-order valence-electron chi connectivity index (χ1n) is 9.67. The summed E-state index contributed by atoms with van der Waals surface area (Å²) in [7, 11) is -4.23. The number of carbonyl (C=O) groups is 3. The highest BCUT2D eigenvalue weighted by atomic mass is 32.2. The number of hydrogen-bond acceptors (Lipinski definition) is 7. The predicted molar refractivity (Wildman–Crippen MR) is 121 cm³/mol. The molecule has 0 aromatic heterocycles. The summed E-state index contributed by atoms with van der Waals surface area (Å²) in [6.07, 6.45) is -0.928. The van der Waals surface area contributed by atoms with Gasteiger partial charge in [0.2, 0.25) is 0 Å². The highest BCUT2D eigenvalue weighted by Gasteiger charge is 2.24. The third kappa shape index (κ3) is 8.85. The normalized spacial score (nSPS) is 11.9. The van der Waals surface area contributed by atoms with Crippen molar-refractivity contribution in [3.63, 3.8) is 0 Å². The molecule has 0 radical (unpaired) electrons. The van der Waals surface area contributed by atoms with E-state index in [1.54, 1.807) is 0 Å². The lowest BCUT2D eigenvalue weighted by molar-refractivity contribution is -0.140. The summed E-state index contributed by atoms with van der Waals surface area (Å²) in [4.78, 5) is 37.8. The molecular weight excluding hydrogens is 470 g/mol. The van der Waals surface area contributed by atoms with Crippen LogP contribution in [0.5, 0.6) is 5.75 Å². The van der Waals surface area contributed by atoms with E-state index in [1.165, 1.54) is 48.5 Å². The molecule has 14 heteroatoms. The third-order valence-corrected chi connectivity index (χ3v) is 5.32. The van der Waals surface area contributed by atoms with E-state index in [4.69, 9.17) is 26.4 Å². The minimum absolute atomic E-state index is 0.117. The van der Waals surface area contributed by atoms with Crippen LogP contribution in [0.25, 0.3) is 0 Å². The van der Waals surface area contributed by atoms with Crippen LogP contribution in [0, 0.1) is 0 Å². The number of esters is 1. The molecule has 2 rings (SSSR count). The molecule has 0 amide bonds. The molecule has 2 aromatic carbocycles. The summed E-state index contributed by atoms with van der Waals surface area (Å²) in [5.74, 6) is -3.28. The van der Waals surface area contributed by atoms with Gasteiger partial charge in [0, 0.05) is 13.0 Å². The van der Waals surface area contributed by atoms with Crippen LogP contribution in [-0.2, 0) is 26.3 Å². The number of carboxylic acids is 2. The molecule has 0 bridgehead atoms. The Hall–Kier alpha value is -4.01. The number of aliphatic imine (C=N–C) groups is 1. The van der Waals surface area contributed by atoms with Crippen LogP contribution in [0.4, 0.5) is 5.69 Å². The molecular formula is C20H23N5O8S. The number of rotatable bonds is 12. The number of carboxylic acid groups (broad SMARTS) is 2. The summed E-state index contributed by atoms with van der Waals surface area (Å²) in [6.45, 7) is -0.193. The van der Waals surface area contributed by atoms with E-state index in [0.29, 0.717) is 11.3 Å². The number of carbonyl (C=O) groups excluding carboxylic acids is 1. The molecule has 34 heavy (non-hydrogen) atoms. The second-order valence-electron chi connectivity index (χ2n) is 6.88. The van der Waals surface area contributed by atoms with Crippen molar-refractivity contribution >= 4 is 39.8 Å². The van der Waals surface area contributed by atoms with Crippen molar-refractivity contribution in [2.24, 2.45) is 16.5 Å². The van der Waals surface area contributed by atoms with Gasteiger partial charge in [-0.1, -0.05) is 12.1 Å². The molecule has 0 aliphatic carbocycles. The van der Waals surface area contributed by atoms with Gasteiger partial charge in [0.25, 0.3) is 10.2 Å². The molecule has 0 aliphatic rings. The number of benzene rings is 2. The quantitative estimate of drug-likeness (QED) is 0.101. The second-order valence-corrected chi connectivity index (χ2v) is 8.41. The van der Waals surface area contributed by atoms with E-state index < -0.39 is 47.0 Å². The highest BCUT2D eigenvalue weighted by molar-refractivity contribution is 7.87. The van der Waals surface area contributed by atoms with Gasteiger partial charge in [0.1, 0.15) is 11.8 Å². The fourth-order valence-electron chi connectivity index (χ4n) is 2.57. The molecule has 0 saturated carbocycles. The minimum Gasteiger partial charge on any atom is -0.481 e. The number of guanidine groups is 1. The maximum Gasteiger partial charge on any atom is 0.343 e. The SMILES string of the molecule is NC(N)=Nc1ccc(C(=O)Oc2ccc(CNS(=O)(=O)NC(CCC(=O)O)C(=O)O)cc2)cc1. The molecule has 0 aliphatic heterocycles. The molecule has 0 fully saturated rings. The first kappa shape index (κ1) is 26.2. The predicted octanol–water partition coefficient (Wildman–Crippen LogP) is 0.0527. The number of hydrogen-bond donors (Lipinski definition) is 6. The van der Waals surface area contributed by atoms with Gasteiger partial charge in [-0.25, -0.2) is 9.79 Å². The standard InChI is InChI=1S/C20H23N5O8S/c21-20(22)24-14-5-3-13(4-6-14)19(30)33-15-7-1-12(2-8-15)11-23-34(31,32)25-16(18(28)29)9-10-17(26)27/h1-8,16,23,25H,9-11H2,(H,26,27)(H,28,29)(H4,21,22,24). The number of ether oxygens (including phenoxy) is 1. The van der Waals surface area contributed by atoms with E-state index in [0.717, 1.165) is 0 Å². The molecule has 1 unspecified atom stereocenters. The maximum atomic E-state index is 12.3. The average Bonchev–Trinajstić information content (AvgIpc) is 2.76. The zero-order valence-corrected chi connectivity index (χ0v) is 18.5. The zero-order chi connectivity index (χ0) is 25.3. The van der Waals surface area contributed by atoms with Crippen molar-refractivity contribution < 1.29 is 37.8 Å².